The van der Waals surface area contributed by atoms with Gasteiger partial charge in [-0.25, -0.2) is 17.5 Å². The second kappa shape index (κ2) is 10.3. The fraction of sp³-hybridized carbons (Fsp3) is 0.231. The third kappa shape index (κ3) is 5.19. The number of benzene rings is 3. The molecule has 1 aliphatic rings. The molecule has 0 spiro atoms. The van der Waals surface area contributed by atoms with Crippen LogP contribution in [0.25, 0.3) is 0 Å². The summed E-state index contributed by atoms with van der Waals surface area (Å²) in [4.78, 5) is 1.71. The lowest BCUT2D eigenvalue weighted by Gasteiger charge is -2.30. The molecule has 3 aromatic carbocycles. The average molecular weight is 524 g/mol. The lowest BCUT2D eigenvalue weighted by atomic mass is 10.2. The van der Waals surface area contributed by atoms with Crippen molar-refractivity contribution < 1.29 is 22.7 Å². The quantitative estimate of drug-likeness (QED) is 0.396. The van der Waals surface area contributed by atoms with Gasteiger partial charge in [-0.2, -0.15) is 4.31 Å². The summed E-state index contributed by atoms with van der Waals surface area (Å²) in [5.74, 6) is 0.448. The third-order valence-corrected chi connectivity index (χ3v) is 7.99. The molecule has 1 N–H and O–H groups in total. The Morgan fingerprint density at radius 1 is 1.03 bits per heavy atom. The molecule has 2 heterocycles. The van der Waals surface area contributed by atoms with Crippen LogP contribution in [0.3, 0.4) is 0 Å². The number of aromatic nitrogens is 3. The molecule has 0 bridgehead atoms. The maximum Gasteiger partial charge on any atom is 0.249 e. The van der Waals surface area contributed by atoms with Gasteiger partial charge >= 0.3 is 0 Å². The van der Waals surface area contributed by atoms with Crippen LogP contribution in [-0.4, -0.2) is 53.0 Å². The van der Waals surface area contributed by atoms with Gasteiger partial charge in [0.2, 0.25) is 10.0 Å². The first kappa shape index (κ1) is 24.9. The van der Waals surface area contributed by atoms with Crippen molar-refractivity contribution in [3.05, 3.63) is 95.6 Å². The molecular formula is C26H26FN5O4S. The first-order valence-corrected chi connectivity index (χ1v) is 13.1. The van der Waals surface area contributed by atoms with Crippen LogP contribution in [0.1, 0.15) is 16.8 Å². The number of nitrogens with zero attached hydrogens (tertiary/aromatic N) is 5. The van der Waals surface area contributed by atoms with E-state index in [0.29, 0.717) is 29.2 Å². The Labute approximate surface area is 214 Å². The van der Waals surface area contributed by atoms with E-state index < -0.39 is 10.0 Å². The number of aliphatic hydroxyl groups is 1. The number of fused-ring (bicyclic) bond motifs is 2. The number of aliphatic hydroxyl groups excluding tert-OH is 1. The monoisotopic (exact) mass is 523 g/mol. The summed E-state index contributed by atoms with van der Waals surface area (Å²) >= 11 is 0. The van der Waals surface area contributed by atoms with Crippen LogP contribution < -0.4 is 9.64 Å². The second-order valence-corrected chi connectivity index (χ2v) is 10.6. The van der Waals surface area contributed by atoms with Gasteiger partial charge in [-0.1, -0.05) is 41.6 Å². The van der Waals surface area contributed by atoms with Gasteiger partial charge < -0.3 is 14.7 Å². The Bertz CT molecular complexity index is 1510. The molecule has 0 aliphatic carbocycles. The molecule has 0 fully saturated rings. The zero-order valence-electron chi connectivity index (χ0n) is 20.2. The fourth-order valence-electron chi connectivity index (χ4n) is 4.26. The number of ether oxygens (including phenoxy) is 1. The van der Waals surface area contributed by atoms with Gasteiger partial charge in [0.25, 0.3) is 0 Å². The van der Waals surface area contributed by atoms with E-state index in [0.717, 1.165) is 5.56 Å². The normalized spacial score (nSPS) is 14.7. The van der Waals surface area contributed by atoms with E-state index in [2.05, 4.69) is 10.3 Å². The lowest BCUT2D eigenvalue weighted by Crippen LogP contribution is -2.33. The summed E-state index contributed by atoms with van der Waals surface area (Å²) in [6, 6.07) is 18.4. The minimum Gasteiger partial charge on any atom is -0.456 e. The highest BCUT2D eigenvalue weighted by Crippen LogP contribution is 2.41. The number of hydrogen-bond acceptors (Lipinski definition) is 7. The van der Waals surface area contributed by atoms with Gasteiger partial charge in [-0.05, 0) is 35.9 Å². The molecule has 5 rings (SSSR count). The van der Waals surface area contributed by atoms with Crippen LogP contribution in [0.5, 0.6) is 11.5 Å². The van der Waals surface area contributed by atoms with Crippen LogP contribution in [0.2, 0.25) is 0 Å². The van der Waals surface area contributed by atoms with Crippen molar-refractivity contribution in [2.75, 3.05) is 25.1 Å². The summed E-state index contributed by atoms with van der Waals surface area (Å²) in [6.45, 7) is 0.541. The second-order valence-electron chi connectivity index (χ2n) is 8.77. The van der Waals surface area contributed by atoms with Gasteiger partial charge in [0, 0.05) is 25.7 Å². The van der Waals surface area contributed by atoms with Crippen LogP contribution in [0, 0.1) is 5.82 Å². The van der Waals surface area contributed by atoms with E-state index in [9.17, 15) is 17.9 Å². The molecule has 37 heavy (non-hydrogen) atoms. The van der Waals surface area contributed by atoms with Crippen molar-refractivity contribution >= 4 is 15.7 Å². The van der Waals surface area contributed by atoms with Crippen LogP contribution in [0.15, 0.2) is 77.8 Å². The van der Waals surface area contributed by atoms with Gasteiger partial charge in [0.15, 0.2) is 0 Å². The summed E-state index contributed by atoms with van der Waals surface area (Å²) in [5.41, 5.74) is 2.45. The van der Waals surface area contributed by atoms with Crippen LogP contribution in [-0.2, 0) is 29.7 Å². The number of para-hydroxylation sites is 1. The minimum atomic E-state index is -4.07. The van der Waals surface area contributed by atoms with Crippen molar-refractivity contribution in [1.29, 1.82) is 0 Å². The smallest absolute Gasteiger partial charge is 0.249 e. The van der Waals surface area contributed by atoms with Crippen molar-refractivity contribution in [1.82, 2.24) is 19.3 Å². The van der Waals surface area contributed by atoms with Gasteiger partial charge in [0.1, 0.15) is 22.2 Å². The van der Waals surface area contributed by atoms with Crippen molar-refractivity contribution in [2.24, 2.45) is 0 Å². The Morgan fingerprint density at radius 2 is 1.78 bits per heavy atom. The number of rotatable bonds is 7. The largest absolute Gasteiger partial charge is 0.456 e. The van der Waals surface area contributed by atoms with Gasteiger partial charge in [-0.3, -0.25) is 0 Å². The summed E-state index contributed by atoms with van der Waals surface area (Å²) in [7, 11) is -2.34. The first-order valence-electron chi connectivity index (χ1n) is 11.7. The van der Waals surface area contributed by atoms with Gasteiger partial charge in [-0.15, -0.1) is 5.10 Å². The summed E-state index contributed by atoms with van der Waals surface area (Å²) in [5, 5.41) is 17.8. The summed E-state index contributed by atoms with van der Waals surface area (Å²) < 4.78 is 50.5. The van der Waals surface area contributed by atoms with E-state index in [1.54, 1.807) is 59.2 Å². The molecule has 0 unspecified atom stereocenters. The number of hydrogen-bond donors (Lipinski definition) is 1. The topological polar surface area (TPSA) is 101 Å². The standard InChI is InChI=1S/C26H26FN5O4S/c1-30(13-14-33)23-6-4-8-25-26(23)37(34,35)32(16-20-5-2-3-7-24(20)36-25)18-22-17-31(29-28-22)15-19-9-11-21(27)12-10-19/h2-12,17,33H,13-16,18H2,1H3. The maximum absolute atomic E-state index is 14.1. The first-order chi connectivity index (χ1) is 17.8. The lowest BCUT2D eigenvalue weighted by molar-refractivity contribution is 0.303. The van der Waals surface area contributed by atoms with Crippen LogP contribution in [0.4, 0.5) is 10.1 Å². The Hall–Kier alpha value is -3.80. The van der Waals surface area contributed by atoms with E-state index in [1.807, 2.05) is 18.2 Å². The molecule has 1 aromatic heterocycles. The van der Waals surface area contributed by atoms with E-state index in [-0.39, 0.29) is 42.7 Å². The number of likely N-dealkylation sites (N-methyl/N-ethyl adjacent to an activating group) is 1. The molecule has 1 aliphatic heterocycles. The molecule has 11 heteroatoms. The molecule has 192 valence electrons. The molecule has 0 saturated carbocycles. The predicted molar refractivity (Wildman–Crippen MR) is 135 cm³/mol. The zero-order chi connectivity index (χ0) is 26.0. The van der Waals surface area contributed by atoms with E-state index in [4.69, 9.17) is 4.74 Å². The molecule has 9 nitrogen and oxygen atoms in total. The van der Waals surface area contributed by atoms with Gasteiger partial charge in [0.05, 0.1) is 37.3 Å². The summed E-state index contributed by atoms with van der Waals surface area (Å²) in [6.07, 6.45) is 1.69. The van der Waals surface area contributed by atoms with E-state index >= 15 is 0 Å². The van der Waals surface area contributed by atoms with Crippen molar-refractivity contribution in [3.63, 3.8) is 0 Å². The SMILES string of the molecule is CN(CCO)c1cccc2c1S(=O)(=O)N(Cc1cn(Cc3ccc(F)cc3)nn1)Cc1ccccc1O2. The zero-order valence-corrected chi connectivity index (χ0v) is 21.0. The van der Waals surface area contributed by atoms with Crippen molar-refractivity contribution in [3.8, 4) is 11.5 Å². The Kier molecular flexibility index (Phi) is 6.92. The molecule has 0 radical (unpaired) electrons. The molecule has 0 atom stereocenters. The highest BCUT2D eigenvalue weighted by atomic mass is 32.2. The predicted octanol–water partition coefficient (Wildman–Crippen LogP) is 3.39. The van der Waals surface area contributed by atoms with Crippen molar-refractivity contribution in [2.45, 2.75) is 24.5 Å². The number of sulfonamides is 1. The van der Waals surface area contributed by atoms with Crippen LogP contribution >= 0.6 is 0 Å². The molecule has 0 saturated heterocycles. The number of anilines is 1. The third-order valence-electron chi connectivity index (χ3n) is 6.12. The molecule has 0 amide bonds. The average Bonchev–Trinajstić information content (AvgIpc) is 3.32. The molecule has 4 aromatic rings. The Morgan fingerprint density at radius 3 is 2.57 bits per heavy atom. The van der Waals surface area contributed by atoms with E-state index in [1.165, 1.54) is 16.4 Å². The minimum absolute atomic E-state index is 0.0163. The highest BCUT2D eigenvalue weighted by molar-refractivity contribution is 7.89. The fourth-order valence-corrected chi connectivity index (χ4v) is 5.98. The number of halogens is 1. The Balaban J connectivity index is 1.52. The highest BCUT2D eigenvalue weighted by Gasteiger charge is 2.35. The maximum atomic E-state index is 14.1. The molecular weight excluding hydrogens is 497 g/mol.